The van der Waals surface area contributed by atoms with E-state index in [0.29, 0.717) is 27.9 Å². The fourth-order valence-corrected chi connectivity index (χ4v) is 2.79. The number of nitrogens with one attached hydrogen (secondary N) is 2. The van der Waals surface area contributed by atoms with Crippen LogP contribution in [-0.4, -0.2) is 27.2 Å². The van der Waals surface area contributed by atoms with Crippen molar-refractivity contribution in [2.45, 2.75) is 6.42 Å². The van der Waals surface area contributed by atoms with Gasteiger partial charge in [0.2, 0.25) is 0 Å². The van der Waals surface area contributed by atoms with Crippen LogP contribution in [0.2, 0.25) is 0 Å². The molecule has 27 heavy (non-hydrogen) atoms. The van der Waals surface area contributed by atoms with Crippen LogP contribution in [0.1, 0.15) is 21.5 Å². The Morgan fingerprint density at radius 3 is 2.41 bits per heavy atom. The number of carbonyl (C=O) groups excluding carboxylic acids is 1. The third-order valence-corrected chi connectivity index (χ3v) is 4.36. The number of aliphatic carboxylic acids is 1. The molecule has 0 saturated heterocycles. The maximum absolute atomic E-state index is 12.4. The molecule has 134 valence electrons. The molecule has 0 saturated carbocycles. The molecule has 3 aromatic rings. The highest BCUT2D eigenvalue weighted by Gasteiger charge is 2.19. The van der Waals surface area contributed by atoms with Crippen molar-refractivity contribution in [2.75, 3.05) is 5.32 Å². The van der Waals surface area contributed by atoms with Gasteiger partial charge in [0.15, 0.2) is 5.82 Å². The molecule has 0 aliphatic heterocycles. The van der Waals surface area contributed by atoms with Crippen molar-refractivity contribution in [3.05, 3.63) is 69.7 Å². The number of rotatable bonds is 5. The van der Waals surface area contributed by atoms with E-state index >= 15 is 0 Å². The van der Waals surface area contributed by atoms with E-state index < -0.39 is 11.9 Å². The summed E-state index contributed by atoms with van der Waals surface area (Å²) in [5, 5.41) is 27.7. The number of nitrogens with zero attached hydrogens (tertiary/aromatic N) is 2. The van der Waals surface area contributed by atoms with Crippen molar-refractivity contribution in [1.82, 2.24) is 10.2 Å². The van der Waals surface area contributed by atoms with Gasteiger partial charge in [-0.2, -0.15) is 10.4 Å². The lowest BCUT2D eigenvalue weighted by Crippen LogP contribution is -2.14. The number of amides is 1. The second-order valence-electron chi connectivity index (χ2n) is 5.65. The maximum Gasteiger partial charge on any atom is 0.308 e. The maximum atomic E-state index is 12.4. The van der Waals surface area contributed by atoms with Gasteiger partial charge < -0.3 is 10.4 Å². The van der Waals surface area contributed by atoms with E-state index in [1.54, 1.807) is 48.5 Å². The zero-order chi connectivity index (χ0) is 19.4. The first-order chi connectivity index (χ1) is 13.0. The zero-order valence-corrected chi connectivity index (χ0v) is 15.4. The number of hydrogen-bond donors (Lipinski definition) is 3. The molecule has 1 heterocycles. The van der Waals surface area contributed by atoms with E-state index in [-0.39, 0.29) is 12.2 Å². The number of nitriles is 1. The molecule has 3 N–H and O–H groups in total. The molecule has 2 aromatic carbocycles. The van der Waals surface area contributed by atoms with Crippen LogP contribution in [-0.2, 0) is 11.2 Å². The highest BCUT2D eigenvalue weighted by Crippen LogP contribution is 2.28. The first-order valence-corrected chi connectivity index (χ1v) is 8.63. The van der Waals surface area contributed by atoms with Crippen LogP contribution in [0.5, 0.6) is 0 Å². The second kappa shape index (κ2) is 7.85. The Morgan fingerprint density at radius 1 is 1.15 bits per heavy atom. The van der Waals surface area contributed by atoms with Gasteiger partial charge in [-0.05, 0) is 42.0 Å². The molecule has 7 nitrogen and oxygen atoms in total. The lowest BCUT2D eigenvalue weighted by molar-refractivity contribution is -0.136. The molecule has 3 rings (SSSR count). The Bertz CT molecular complexity index is 1030. The summed E-state index contributed by atoms with van der Waals surface area (Å²) in [5.74, 6) is -1.29. The number of anilines is 1. The van der Waals surface area contributed by atoms with E-state index in [0.717, 1.165) is 4.47 Å². The molecule has 0 atom stereocenters. The zero-order valence-electron chi connectivity index (χ0n) is 13.9. The van der Waals surface area contributed by atoms with Crippen LogP contribution in [0, 0.1) is 11.3 Å². The van der Waals surface area contributed by atoms with Crippen LogP contribution >= 0.6 is 15.9 Å². The molecular formula is C19H13BrN4O3. The summed E-state index contributed by atoms with van der Waals surface area (Å²) in [4.78, 5) is 23.7. The summed E-state index contributed by atoms with van der Waals surface area (Å²) in [7, 11) is 0. The molecule has 0 unspecified atom stereocenters. The van der Waals surface area contributed by atoms with Crippen LogP contribution in [0.15, 0.2) is 53.0 Å². The topological polar surface area (TPSA) is 119 Å². The van der Waals surface area contributed by atoms with E-state index in [1.807, 2.05) is 6.07 Å². The number of H-pyrrole nitrogens is 1. The smallest absolute Gasteiger partial charge is 0.308 e. The van der Waals surface area contributed by atoms with E-state index in [2.05, 4.69) is 31.4 Å². The molecule has 0 aliphatic rings. The number of carboxylic acid groups (broad SMARTS) is 1. The lowest BCUT2D eigenvalue weighted by Gasteiger charge is -2.06. The molecule has 0 spiro atoms. The number of carboxylic acids is 1. The molecule has 1 amide bonds. The molecular weight excluding hydrogens is 412 g/mol. The van der Waals surface area contributed by atoms with E-state index in [4.69, 9.17) is 5.26 Å². The first-order valence-electron chi connectivity index (χ1n) is 7.84. The summed E-state index contributed by atoms with van der Waals surface area (Å²) in [6.45, 7) is 0. The molecule has 0 bridgehead atoms. The summed E-state index contributed by atoms with van der Waals surface area (Å²) in [6.07, 6.45) is -0.318. The van der Waals surface area contributed by atoms with E-state index in [1.165, 1.54) is 0 Å². The fourth-order valence-electron chi connectivity index (χ4n) is 2.52. The normalized spacial score (nSPS) is 10.2. The van der Waals surface area contributed by atoms with Crippen molar-refractivity contribution >= 4 is 33.6 Å². The highest BCUT2D eigenvalue weighted by atomic mass is 79.9. The predicted octanol–water partition coefficient (Wildman–Crippen LogP) is 3.59. The van der Waals surface area contributed by atoms with E-state index in [9.17, 15) is 14.7 Å². The average molecular weight is 425 g/mol. The fraction of sp³-hybridized carbons (Fsp3) is 0.0526. The Balaban J connectivity index is 1.94. The Morgan fingerprint density at radius 2 is 1.81 bits per heavy atom. The monoisotopic (exact) mass is 424 g/mol. The van der Waals surface area contributed by atoms with Gasteiger partial charge in [-0.25, -0.2) is 0 Å². The van der Waals surface area contributed by atoms with Crippen molar-refractivity contribution in [3.63, 3.8) is 0 Å². The highest BCUT2D eigenvalue weighted by molar-refractivity contribution is 9.10. The average Bonchev–Trinajstić information content (AvgIpc) is 3.04. The van der Waals surface area contributed by atoms with Gasteiger partial charge in [0.1, 0.15) is 0 Å². The van der Waals surface area contributed by atoms with Gasteiger partial charge in [-0.3, -0.25) is 14.7 Å². The molecule has 0 aliphatic carbocycles. The van der Waals surface area contributed by atoms with Gasteiger partial charge in [0, 0.05) is 15.6 Å². The number of aromatic amines is 1. The molecule has 1 aromatic heterocycles. The first kappa shape index (κ1) is 18.4. The molecule has 0 fully saturated rings. The number of halogens is 1. The SMILES string of the molecule is N#Cc1ccc(-c2[nH]nc(NC(=O)c3ccc(Br)cc3)c2CC(=O)O)cc1. The van der Waals surface area contributed by atoms with Gasteiger partial charge >= 0.3 is 5.97 Å². The number of benzene rings is 2. The van der Waals surface area contributed by atoms with Gasteiger partial charge in [-0.15, -0.1) is 0 Å². The number of aromatic nitrogens is 2. The van der Waals surface area contributed by atoms with Crippen LogP contribution in [0.3, 0.4) is 0 Å². The number of hydrogen-bond acceptors (Lipinski definition) is 4. The predicted molar refractivity (Wildman–Crippen MR) is 102 cm³/mol. The Labute approximate surface area is 162 Å². The van der Waals surface area contributed by atoms with Crippen LogP contribution in [0.25, 0.3) is 11.3 Å². The summed E-state index contributed by atoms with van der Waals surface area (Å²) >= 11 is 3.31. The number of carbonyl (C=O) groups is 2. The summed E-state index contributed by atoms with van der Waals surface area (Å²) in [6, 6.07) is 15.4. The standard InChI is InChI=1S/C19H13BrN4O3/c20-14-7-5-13(6-8-14)19(27)22-18-15(9-16(25)26)17(23-24-18)12-3-1-11(10-21)2-4-12/h1-8H,9H2,(H,25,26)(H2,22,23,24,27). The quantitative estimate of drug-likeness (QED) is 0.577. The van der Waals surface area contributed by atoms with Crippen molar-refractivity contribution < 1.29 is 14.7 Å². The third-order valence-electron chi connectivity index (χ3n) is 3.84. The lowest BCUT2D eigenvalue weighted by atomic mass is 10.0. The Hall–Kier alpha value is -3.44. The van der Waals surface area contributed by atoms with Crippen molar-refractivity contribution in [2.24, 2.45) is 0 Å². The summed E-state index contributed by atoms with van der Waals surface area (Å²) < 4.78 is 0.841. The van der Waals surface area contributed by atoms with Crippen molar-refractivity contribution in [1.29, 1.82) is 5.26 Å². The van der Waals surface area contributed by atoms with Crippen LogP contribution in [0.4, 0.5) is 5.82 Å². The second-order valence-corrected chi connectivity index (χ2v) is 6.56. The summed E-state index contributed by atoms with van der Waals surface area (Å²) in [5.41, 5.74) is 2.41. The minimum atomic E-state index is -1.05. The van der Waals surface area contributed by atoms with Gasteiger partial charge in [-0.1, -0.05) is 28.1 Å². The third kappa shape index (κ3) is 4.22. The van der Waals surface area contributed by atoms with Gasteiger partial charge in [0.05, 0.1) is 23.7 Å². The minimum absolute atomic E-state index is 0.157. The largest absolute Gasteiger partial charge is 0.481 e. The van der Waals surface area contributed by atoms with Gasteiger partial charge in [0.25, 0.3) is 5.91 Å². The molecule has 0 radical (unpaired) electrons. The van der Waals surface area contributed by atoms with Crippen molar-refractivity contribution in [3.8, 4) is 17.3 Å². The minimum Gasteiger partial charge on any atom is -0.481 e. The Kier molecular flexibility index (Phi) is 5.33. The van der Waals surface area contributed by atoms with Crippen LogP contribution < -0.4 is 5.32 Å². The molecule has 8 heteroatoms.